The molecule has 0 fully saturated rings. The summed E-state index contributed by atoms with van der Waals surface area (Å²) in [6, 6.07) is 4.39. The van der Waals surface area contributed by atoms with Crippen molar-refractivity contribution in [2.45, 2.75) is 25.6 Å². The van der Waals surface area contributed by atoms with Gasteiger partial charge in [-0.3, -0.25) is 10.1 Å². The first-order valence-electron chi connectivity index (χ1n) is 5.93. The Labute approximate surface area is 113 Å². The smallest absolute Gasteiger partial charge is 0.383 e. The normalized spacial score (nSPS) is 11.4. The van der Waals surface area contributed by atoms with Crippen LogP contribution in [0, 0.1) is 10.1 Å². The van der Waals surface area contributed by atoms with E-state index in [2.05, 4.69) is 5.32 Å². The molecule has 0 unspecified atom stereocenters. The molecule has 0 saturated carbocycles. The van der Waals surface area contributed by atoms with Crippen LogP contribution in [0.1, 0.15) is 18.4 Å². The van der Waals surface area contributed by atoms with Crippen molar-refractivity contribution in [2.24, 2.45) is 0 Å². The summed E-state index contributed by atoms with van der Waals surface area (Å²) in [5.74, 6) is 0. The number of hydrogen-bond donors (Lipinski definition) is 1. The van der Waals surface area contributed by atoms with Crippen LogP contribution < -0.4 is 5.32 Å². The molecule has 1 rings (SSSR count). The molecule has 0 bridgehead atoms. The predicted molar refractivity (Wildman–Crippen MR) is 67.6 cm³/mol. The van der Waals surface area contributed by atoms with Crippen LogP contribution in [0.5, 0.6) is 0 Å². The molecule has 0 saturated heterocycles. The van der Waals surface area contributed by atoms with Crippen molar-refractivity contribution in [3.63, 3.8) is 0 Å². The zero-order valence-electron chi connectivity index (χ0n) is 10.9. The minimum atomic E-state index is -4.17. The molecule has 0 aliphatic rings. The Kier molecular flexibility index (Phi) is 5.75. The van der Waals surface area contributed by atoms with Crippen molar-refractivity contribution in [1.29, 1.82) is 0 Å². The Hall–Kier alpha value is -1.83. The van der Waals surface area contributed by atoms with Gasteiger partial charge in [-0.2, -0.15) is 13.2 Å². The topological polar surface area (TPSA) is 64.4 Å². The molecule has 0 aromatic heterocycles. The highest BCUT2D eigenvalue weighted by Gasteiger charge is 2.25. The molecule has 0 aliphatic carbocycles. The predicted octanol–water partition coefficient (Wildman–Crippen LogP) is 3.50. The molecule has 0 spiro atoms. The van der Waals surface area contributed by atoms with E-state index in [1.54, 1.807) is 13.1 Å². The largest absolute Gasteiger partial charge is 0.389 e. The Balaban J connectivity index is 2.47. The first kappa shape index (κ1) is 16.2. The lowest BCUT2D eigenvalue weighted by atomic mass is 10.2. The van der Waals surface area contributed by atoms with Crippen LogP contribution >= 0.6 is 0 Å². The number of anilines is 1. The van der Waals surface area contributed by atoms with Crippen LogP contribution in [0.2, 0.25) is 0 Å². The standard InChI is InChI=1S/C12H15F3N2O3/c1-16-10-7-9(3-4-11(10)17(18)19)8-20-6-2-5-12(13,14)15/h3-4,7,16H,2,5-6,8H2,1H3. The van der Waals surface area contributed by atoms with Crippen molar-refractivity contribution in [1.82, 2.24) is 0 Å². The third kappa shape index (κ3) is 5.43. The number of nitrogens with one attached hydrogen (secondary N) is 1. The summed E-state index contributed by atoms with van der Waals surface area (Å²) in [4.78, 5) is 10.2. The van der Waals surface area contributed by atoms with Gasteiger partial charge in [-0.1, -0.05) is 0 Å². The molecule has 20 heavy (non-hydrogen) atoms. The minimum absolute atomic E-state index is 0.00855. The molecule has 0 amide bonds. The molecular formula is C12H15F3N2O3. The van der Waals surface area contributed by atoms with E-state index in [9.17, 15) is 23.3 Å². The van der Waals surface area contributed by atoms with Crippen LogP contribution in [0.3, 0.4) is 0 Å². The van der Waals surface area contributed by atoms with Crippen LogP contribution in [-0.2, 0) is 11.3 Å². The van der Waals surface area contributed by atoms with Crippen molar-refractivity contribution >= 4 is 11.4 Å². The van der Waals surface area contributed by atoms with Crippen LogP contribution in [0.4, 0.5) is 24.5 Å². The number of nitro groups is 1. The van der Waals surface area contributed by atoms with Gasteiger partial charge >= 0.3 is 6.18 Å². The summed E-state index contributed by atoms with van der Waals surface area (Å²) in [6.45, 7) is 0.107. The van der Waals surface area contributed by atoms with Gasteiger partial charge in [0.25, 0.3) is 5.69 Å². The van der Waals surface area contributed by atoms with Crippen molar-refractivity contribution in [2.75, 3.05) is 19.0 Å². The average molecular weight is 292 g/mol. The highest BCUT2D eigenvalue weighted by molar-refractivity contribution is 5.62. The number of rotatable bonds is 7. The lowest BCUT2D eigenvalue weighted by molar-refractivity contribution is -0.384. The molecular weight excluding hydrogens is 277 g/mol. The first-order chi connectivity index (χ1) is 9.33. The van der Waals surface area contributed by atoms with Crippen LogP contribution in [0.15, 0.2) is 18.2 Å². The average Bonchev–Trinajstić information content (AvgIpc) is 2.36. The van der Waals surface area contributed by atoms with Gasteiger partial charge in [0.05, 0.1) is 11.5 Å². The summed E-state index contributed by atoms with van der Waals surface area (Å²) >= 11 is 0. The zero-order chi connectivity index (χ0) is 15.2. The minimum Gasteiger partial charge on any atom is -0.383 e. The maximum absolute atomic E-state index is 11.9. The SMILES string of the molecule is CNc1cc(COCCCC(F)(F)F)ccc1[N+](=O)[O-]. The van der Waals surface area contributed by atoms with Gasteiger partial charge in [-0.05, 0) is 24.1 Å². The molecule has 8 heteroatoms. The fourth-order valence-corrected chi connectivity index (χ4v) is 1.60. The van der Waals surface area contributed by atoms with Crippen molar-refractivity contribution in [3.05, 3.63) is 33.9 Å². The fraction of sp³-hybridized carbons (Fsp3) is 0.500. The molecule has 1 aromatic rings. The van der Waals surface area contributed by atoms with E-state index >= 15 is 0 Å². The number of ether oxygens (including phenoxy) is 1. The summed E-state index contributed by atoms with van der Waals surface area (Å²) < 4.78 is 40.8. The Morgan fingerprint density at radius 1 is 1.40 bits per heavy atom. The molecule has 1 N–H and O–H groups in total. The van der Waals surface area contributed by atoms with Gasteiger partial charge in [0.2, 0.25) is 0 Å². The van der Waals surface area contributed by atoms with Gasteiger partial charge in [-0.15, -0.1) is 0 Å². The van der Waals surface area contributed by atoms with Gasteiger partial charge in [0.15, 0.2) is 0 Å². The Bertz CT molecular complexity index is 464. The Morgan fingerprint density at radius 3 is 2.65 bits per heavy atom. The number of benzene rings is 1. The zero-order valence-corrected chi connectivity index (χ0v) is 10.9. The van der Waals surface area contributed by atoms with E-state index in [4.69, 9.17) is 4.74 Å². The molecule has 0 aliphatic heterocycles. The number of nitrogens with zero attached hydrogens (tertiary/aromatic N) is 1. The maximum Gasteiger partial charge on any atom is 0.389 e. The molecule has 0 heterocycles. The quantitative estimate of drug-likeness (QED) is 0.474. The summed E-state index contributed by atoms with van der Waals surface area (Å²) in [5.41, 5.74) is 0.937. The van der Waals surface area contributed by atoms with E-state index in [0.717, 1.165) is 0 Å². The lowest BCUT2D eigenvalue weighted by Crippen LogP contribution is -2.08. The van der Waals surface area contributed by atoms with Crippen molar-refractivity contribution < 1.29 is 22.8 Å². The highest BCUT2D eigenvalue weighted by atomic mass is 19.4. The second-order valence-corrected chi connectivity index (χ2v) is 4.13. The number of alkyl halides is 3. The number of hydrogen-bond acceptors (Lipinski definition) is 4. The first-order valence-corrected chi connectivity index (χ1v) is 5.93. The van der Waals surface area contributed by atoms with Gasteiger partial charge < -0.3 is 10.1 Å². The van der Waals surface area contributed by atoms with E-state index in [1.807, 2.05) is 0 Å². The third-order valence-corrected chi connectivity index (χ3v) is 2.54. The maximum atomic E-state index is 11.9. The third-order valence-electron chi connectivity index (χ3n) is 2.54. The summed E-state index contributed by atoms with van der Waals surface area (Å²) in [6.07, 6.45) is -5.15. The van der Waals surface area contributed by atoms with Crippen molar-refractivity contribution in [3.8, 4) is 0 Å². The lowest BCUT2D eigenvalue weighted by Gasteiger charge is -2.08. The van der Waals surface area contributed by atoms with E-state index < -0.39 is 17.5 Å². The summed E-state index contributed by atoms with van der Waals surface area (Å²) in [5, 5.41) is 13.4. The molecule has 0 radical (unpaired) electrons. The number of halogens is 3. The second-order valence-electron chi connectivity index (χ2n) is 4.13. The fourth-order valence-electron chi connectivity index (χ4n) is 1.60. The van der Waals surface area contributed by atoms with Crippen LogP contribution in [-0.4, -0.2) is 24.8 Å². The molecule has 0 atom stereocenters. The number of nitro benzene ring substituents is 1. The molecule has 1 aromatic carbocycles. The molecule has 5 nitrogen and oxygen atoms in total. The second kappa shape index (κ2) is 7.09. The highest BCUT2D eigenvalue weighted by Crippen LogP contribution is 2.25. The van der Waals surface area contributed by atoms with E-state index in [0.29, 0.717) is 11.3 Å². The van der Waals surface area contributed by atoms with Gasteiger partial charge in [0, 0.05) is 26.1 Å². The Morgan fingerprint density at radius 2 is 2.10 bits per heavy atom. The van der Waals surface area contributed by atoms with Gasteiger partial charge in [0.1, 0.15) is 5.69 Å². The van der Waals surface area contributed by atoms with Crippen LogP contribution in [0.25, 0.3) is 0 Å². The van der Waals surface area contributed by atoms with E-state index in [-0.39, 0.29) is 25.3 Å². The van der Waals surface area contributed by atoms with E-state index in [1.165, 1.54) is 12.1 Å². The monoisotopic (exact) mass is 292 g/mol. The molecule has 112 valence electrons. The van der Waals surface area contributed by atoms with Gasteiger partial charge in [-0.25, -0.2) is 0 Å². The summed E-state index contributed by atoms with van der Waals surface area (Å²) in [7, 11) is 1.55.